The van der Waals surface area contributed by atoms with Crippen LogP contribution < -0.4 is 10.6 Å². The molecule has 0 atom stereocenters. The van der Waals surface area contributed by atoms with Gasteiger partial charge < -0.3 is 15.6 Å². The Morgan fingerprint density at radius 1 is 0.812 bits per heavy atom. The lowest BCUT2D eigenvalue weighted by atomic mass is 10.5. The molecule has 5 nitrogen and oxygen atoms in total. The molecule has 0 radical (unpaired) electrons. The first-order valence-electron chi connectivity index (χ1n) is 5.19. The second kappa shape index (κ2) is 9.82. The lowest BCUT2D eigenvalue weighted by Gasteiger charge is -1.77. The lowest BCUT2D eigenvalue weighted by molar-refractivity contribution is 0.807. The molecule has 0 spiro atoms. The van der Waals surface area contributed by atoms with E-state index in [2.05, 4.69) is 25.6 Å². The minimum atomic E-state index is 1.00. The number of hydrogen-bond donors (Lipinski definition) is 3. The van der Waals surface area contributed by atoms with Crippen LogP contribution in [0.5, 0.6) is 0 Å². The van der Waals surface area contributed by atoms with Crippen LogP contribution in [0.25, 0.3) is 0 Å². The summed E-state index contributed by atoms with van der Waals surface area (Å²) in [6, 6.07) is 5.72. The fourth-order valence-electron chi connectivity index (χ4n) is 0.970. The van der Waals surface area contributed by atoms with Gasteiger partial charge in [-0.25, -0.2) is 4.98 Å². The van der Waals surface area contributed by atoms with Crippen molar-refractivity contribution in [3.63, 3.8) is 0 Å². The molecule has 3 rings (SSSR count). The van der Waals surface area contributed by atoms with Gasteiger partial charge in [-0.1, -0.05) is 6.07 Å². The van der Waals surface area contributed by atoms with Gasteiger partial charge in [-0.3, -0.25) is 4.98 Å². The topological polar surface area (TPSA) is 65.6 Å². The largest absolute Gasteiger partial charge is 0.351 e. The maximum atomic E-state index is 3.78. The van der Waals surface area contributed by atoms with E-state index in [1.54, 1.807) is 31.1 Å². The molecule has 86 valence electrons. The zero-order valence-corrected chi connectivity index (χ0v) is 9.13. The molecule has 0 bridgehead atoms. The smallest absolute Gasteiger partial charge is 0.0919 e. The Morgan fingerprint density at radius 3 is 1.75 bits per heavy atom. The molecule has 2 aromatic rings. The number of pyridine rings is 1. The van der Waals surface area contributed by atoms with Gasteiger partial charge in [-0.15, -0.1) is 0 Å². The average Bonchev–Trinajstić information content (AvgIpc) is 3.10. The molecule has 0 aliphatic carbocycles. The van der Waals surface area contributed by atoms with E-state index in [0.717, 1.165) is 19.8 Å². The molecule has 5 heteroatoms. The van der Waals surface area contributed by atoms with Crippen LogP contribution in [0.4, 0.5) is 0 Å². The van der Waals surface area contributed by atoms with E-state index in [1.807, 2.05) is 18.2 Å². The van der Waals surface area contributed by atoms with Crippen molar-refractivity contribution in [3.05, 3.63) is 49.3 Å². The van der Waals surface area contributed by atoms with Crippen LogP contribution in [0.2, 0.25) is 0 Å². The van der Waals surface area contributed by atoms with Gasteiger partial charge in [0.1, 0.15) is 0 Å². The predicted molar refractivity (Wildman–Crippen MR) is 63.7 cm³/mol. The normalized spacial score (nSPS) is 13.0. The first-order chi connectivity index (χ1) is 8.00. The zero-order chi connectivity index (χ0) is 11.3. The van der Waals surface area contributed by atoms with Crippen LogP contribution in [-0.4, -0.2) is 34.7 Å². The fourth-order valence-corrected chi connectivity index (χ4v) is 0.970. The molecule has 1 saturated heterocycles. The van der Waals surface area contributed by atoms with Gasteiger partial charge in [0.15, 0.2) is 0 Å². The summed E-state index contributed by atoms with van der Waals surface area (Å²) in [5.41, 5.74) is 0. The highest BCUT2D eigenvalue weighted by Crippen LogP contribution is 1.73. The Bertz CT molecular complexity index is 253. The van der Waals surface area contributed by atoms with Crippen LogP contribution in [0.1, 0.15) is 0 Å². The molecule has 1 aliphatic heterocycles. The Balaban J connectivity index is 0.000000121. The van der Waals surface area contributed by atoms with Crippen molar-refractivity contribution in [2.75, 3.05) is 19.8 Å². The molecule has 3 N–H and O–H groups in total. The highest BCUT2D eigenvalue weighted by Gasteiger charge is 1.90. The third kappa shape index (κ3) is 7.66. The van der Waals surface area contributed by atoms with E-state index in [9.17, 15) is 0 Å². The number of imidazole rings is 1. The van der Waals surface area contributed by atoms with E-state index in [-0.39, 0.29) is 0 Å². The molecular weight excluding hydrogens is 202 g/mol. The van der Waals surface area contributed by atoms with Gasteiger partial charge in [-0.2, -0.15) is 0 Å². The number of H-pyrrole nitrogens is 1. The second-order valence-corrected chi connectivity index (χ2v) is 2.96. The SMILES string of the molecule is C1CNCN1.c1c[nH]cn1.c1ccncc1. The monoisotopic (exact) mass is 219 g/mol. The van der Waals surface area contributed by atoms with Crippen molar-refractivity contribution in [2.24, 2.45) is 0 Å². The quantitative estimate of drug-likeness (QED) is 0.608. The summed E-state index contributed by atoms with van der Waals surface area (Å²) in [5, 5.41) is 6.22. The molecule has 0 aromatic carbocycles. The van der Waals surface area contributed by atoms with E-state index >= 15 is 0 Å². The standard InChI is InChI=1S/C5H5N.C3H8N2.C3H4N2/c1-2-4-6-5-3-1;2*1-2-5-3-4-1/h1-5H;4-5H,1-3H2;1-3H,(H,4,5). The van der Waals surface area contributed by atoms with Crippen molar-refractivity contribution in [3.8, 4) is 0 Å². The van der Waals surface area contributed by atoms with E-state index in [4.69, 9.17) is 0 Å². The Kier molecular flexibility index (Phi) is 7.58. The van der Waals surface area contributed by atoms with Crippen LogP contribution in [-0.2, 0) is 0 Å². The summed E-state index contributed by atoms with van der Waals surface area (Å²) >= 11 is 0. The van der Waals surface area contributed by atoms with Crippen LogP contribution in [0, 0.1) is 0 Å². The lowest BCUT2D eigenvalue weighted by Crippen LogP contribution is -2.11. The summed E-state index contributed by atoms with van der Waals surface area (Å²) < 4.78 is 0. The van der Waals surface area contributed by atoms with Crippen molar-refractivity contribution < 1.29 is 0 Å². The average molecular weight is 219 g/mol. The van der Waals surface area contributed by atoms with E-state index in [0.29, 0.717) is 0 Å². The minimum Gasteiger partial charge on any atom is -0.351 e. The first-order valence-corrected chi connectivity index (χ1v) is 5.19. The predicted octanol–water partition coefficient (Wildman–Crippen LogP) is 0.628. The van der Waals surface area contributed by atoms with Gasteiger partial charge in [0.05, 0.1) is 6.33 Å². The maximum Gasteiger partial charge on any atom is 0.0919 e. The first kappa shape index (κ1) is 12.4. The number of nitrogens with one attached hydrogen (secondary N) is 3. The summed E-state index contributed by atoms with van der Waals surface area (Å²) in [4.78, 5) is 10.2. The van der Waals surface area contributed by atoms with Gasteiger partial charge in [0, 0.05) is 44.5 Å². The molecule has 2 aromatic heterocycles. The minimum absolute atomic E-state index is 1.00. The van der Waals surface area contributed by atoms with Crippen LogP contribution in [0.3, 0.4) is 0 Å². The Hall–Kier alpha value is -1.72. The molecule has 0 unspecified atom stereocenters. The van der Waals surface area contributed by atoms with Crippen molar-refractivity contribution in [2.45, 2.75) is 0 Å². The number of rotatable bonds is 0. The van der Waals surface area contributed by atoms with Gasteiger partial charge in [0.25, 0.3) is 0 Å². The molecule has 3 heterocycles. The van der Waals surface area contributed by atoms with E-state index in [1.165, 1.54) is 0 Å². The number of aromatic nitrogens is 3. The fraction of sp³-hybridized carbons (Fsp3) is 0.273. The van der Waals surface area contributed by atoms with Gasteiger partial charge >= 0.3 is 0 Å². The van der Waals surface area contributed by atoms with Crippen molar-refractivity contribution in [1.82, 2.24) is 25.6 Å². The summed E-state index contributed by atoms with van der Waals surface area (Å²) in [7, 11) is 0. The van der Waals surface area contributed by atoms with E-state index < -0.39 is 0 Å². The van der Waals surface area contributed by atoms with Gasteiger partial charge in [-0.05, 0) is 12.1 Å². The molecule has 1 aliphatic rings. The summed E-state index contributed by atoms with van der Waals surface area (Å²) in [6.07, 6.45) is 8.58. The molecule has 16 heavy (non-hydrogen) atoms. The van der Waals surface area contributed by atoms with Gasteiger partial charge in [0.2, 0.25) is 0 Å². The highest BCUT2D eigenvalue weighted by atomic mass is 15.1. The molecular formula is C11H17N5. The maximum absolute atomic E-state index is 3.78. The Morgan fingerprint density at radius 2 is 1.56 bits per heavy atom. The van der Waals surface area contributed by atoms with Crippen molar-refractivity contribution >= 4 is 0 Å². The molecule has 0 amide bonds. The van der Waals surface area contributed by atoms with Crippen LogP contribution in [0.15, 0.2) is 49.3 Å². The zero-order valence-electron chi connectivity index (χ0n) is 9.13. The summed E-state index contributed by atoms with van der Waals surface area (Å²) in [6.45, 7) is 3.28. The molecule has 1 fully saturated rings. The van der Waals surface area contributed by atoms with Crippen molar-refractivity contribution in [1.29, 1.82) is 0 Å². The third-order valence-corrected chi connectivity index (χ3v) is 1.70. The highest BCUT2D eigenvalue weighted by molar-refractivity contribution is 4.88. The summed E-state index contributed by atoms with van der Waals surface area (Å²) in [5.74, 6) is 0. The number of nitrogens with zero attached hydrogens (tertiary/aromatic N) is 2. The second-order valence-electron chi connectivity index (χ2n) is 2.96. The number of aromatic amines is 1. The van der Waals surface area contributed by atoms with Crippen LogP contribution >= 0.6 is 0 Å². The number of hydrogen-bond acceptors (Lipinski definition) is 4. The third-order valence-electron chi connectivity index (χ3n) is 1.70. The molecule has 0 saturated carbocycles. The Labute approximate surface area is 95.3 Å².